The van der Waals surface area contributed by atoms with Crippen molar-refractivity contribution in [3.8, 4) is 0 Å². The van der Waals surface area contributed by atoms with Gasteiger partial charge in [0.15, 0.2) is 11.2 Å². The molecule has 41 nitrogen and oxygen atoms in total. The maximum absolute atomic E-state index is 14.3. The van der Waals surface area contributed by atoms with Crippen LogP contribution in [-0.2, 0) is 102 Å². The third-order valence-electron chi connectivity index (χ3n) is 13.3. The Bertz CT molecular complexity index is 3220. The lowest BCUT2D eigenvalue weighted by atomic mass is 10.1. The van der Waals surface area contributed by atoms with E-state index in [1.54, 1.807) is 0 Å². The molecule has 0 radical (unpaired) electrons. The van der Waals surface area contributed by atoms with Crippen LogP contribution >= 0.6 is 21.6 Å². The Balaban J connectivity index is 1.81. The number of carboxylic acid groups (broad SMARTS) is 4. The van der Waals surface area contributed by atoms with Gasteiger partial charge < -0.3 is 122 Å². The van der Waals surface area contributed by atoms with Crippen molar-refractivity contribution in [2.45, 2.75) is 81.3 Å². The molecule has 0 aliphatic carbocycles. The number of nitrogens with one attached hydrogen (secondary N) is 10. The van der Waals surface area contributed by atoms with Crippen LogP contribution in [0.3, 0.4) is 0 Å². The fourth-order valence-electron chi connectivity index (χ4n) is 8.12. The number of aliphatic hydroxyl groups excluding tert-OH is 1. The molecule has 8 amide bonds. The third-order valence-corrected chi connectivity index (χ3v) is 15.7. The highest BCUT2D eigenvalue weighted by Crippen LogP contribution is 2.22. The Morgan fingerprint density at radius 1 is 0.520 bits per heavy atom. The fourth-order valence-corrected chi connectivity index (χ4v) is 10.1. The number of nitrogens with zero attached hydrogens (tertiary/aromatic N) is 3. The Morgan fingerprint density at radius 3 is 1.46 bits per heavy atom. The van der Waals surface area contributed by atoms with E-state index in [0.29, 0.717) is 50.2 Å². The smallest absolute Gasteiger partial charge is 0.327 e. The maximum atomic E-state index is 14.3. The van der Waals surface area contributed by atoms with E-state index in [1.165, 1.54) is 44.7 Å². The van der Waals surface area contributed by atoms with Crippen LogP contribution in [0.2, 0.25) is 0 Å². The summed E-state index contributed by atoms with van der Waals surface area (Å²) in [6.45, 7) is 0.456. The van der Waals surface area contributed by atoms with Crippen molar-refractivity contribution >= 4 is 116 Å². The zero-order chi connectivity index (χ0) is 75.0. The standard InChI is InChI=1S/C59H88N14O27S2/c1-92-13-15-96-21-23-98-19-17-94-11-9-44(75)62-31-41(69-52(83)39(27-47(78)79)66-46(77)8-7-38(57(88)89)67-51(82)35-3-5-36(6-4-35)61-29-37-30-64-50-49(65-37)56(87)73-59(60)72-50)54(85)68-40(28-48(80)81)53(84)70-42(55(86)71-43(58(90)91)33-102-101-26-25-100-34-74)32-63-45(76)10-12-95-18-20-99-24-22-97-16-14-93-2/h3-6,30,38-43,61,74H,7-29,31-34H2,1-2H3,(H,62,75)(H,63,76)(H,66,77)(H,67,82)(H,68,85)(H,69,83)(H,70,84)(H,71,86)(H,78,79)(H,80,81)(H,88,89)(H,90,91)(H3,60,64,72,73,87)/t38?,39-,40-,41-,42-,43?/m0/s1. The van der Waals surface area contributed by atoms with E-state index in [0.717, 1.165) is 21.6 Å². The summed E-state index contributed by atoms with van der Waals surface area (Å²) < 4.78 is 46.9. The van der Waals surface area contributed by atoms with Gasteiger partial charge in [-0.15, -0.1) is 0 Å². The van der Waals surface area contributed by atoms with E-state index in [9.17, 15) is 82.8 Å². The van der Waals surface area contributed by atoms with Gasteiger partial charge in [0, 0.05) is 69.3 Å². The molecule has 0 aliphatic rings. The first-order valence-electron chi connectivity index (χ1n) is 31.4. The summed E-state index contributed by atoms with van der Waals surface area (Å²) in [6, 6.07) is -5.98. The number of carbonyl (C=O) groups is 12. The Morgan fingerprint density at radius 2 is 0.980 bits per heavy atom. The van der Waals surface area contributed by atoms with Gasteiger partial charge in [-0.1, -0.05) is 21.6 Å². The molecule has 0 bridgehead atoms. The van der Waals surface area contributed by atoms with Crippen LogP contribution in [-0.4, -0.2) is 298 Å². The highest BCUT2D eigenvalue weighted by Gasteiger charge is 2.35. The summed E-state index contributed by atoms with van der Waals surface area (Å²) >= 11 is 0. The molecule has 3 aromatic rings. The lowest BCUT2D eigenvalue weighted by Crippen LogP contribution is -2.62. The first-order chi connectivity index (χ1) is 48.9. The van der Waals surface area contributed by atoms with Crippen molar-refractivity contribution in [2.75, 3.05) is 156 Å². The van der Waals surface area contributed by atoms with Crippen molar-refractivity contribution in [2.24, 2.45) is 0 Å². The topological polar surface area (TPSA) is 595 Å². The van der Waals surface area contributed by atoms with Crippen LogP contribution in [0.1, 0.15) is 54.6 Å². The Kier molecular flexibility index (Phi) is 43.7. The number of carboxylic acids is 4. The van der Waals surface area contributed by atoms with E-state index in [-0.39, 0.29) is 114 Å². The van der Waals surface area contributed by atoms with Gasteiger partial charge in [0.2, 0.25) is 47.3 Å². The highest BCUT2D eigenvalue weighted by atomic mass is 33.1. The molecule has 0 spiro atoms. The van der Waals surface area contributed by atoms with E-state index >= 15 is 0 Å². The molecule has 0 saturated heterocycles. The number of amides is 8. The van der Waals surface area contributed by atoms with Crippen molar-refractivity contribution in [3.05, 3.63) is 52.1 Å². The second-order valence-corrected chi connectivity index (χ2v) is 23.8. The van der Waals surface area contributed by atoms with Gasteiger partial charge in [0.1, 0.15) is 43.0 Å². The number of hydrogen-bond donors (Lipinski definition) is 16. The minimum Gasteiger partial charge on any atom is -0.481 e. The molecule has 6 atom stereocenters. The maximum Gasteiger partial charge on any atom is 0.327 e. The third kappa shape index (κ3) is 37.6. The predicted octanol–water partition coefficient (Wildman–Crippen LogP) is -4.92. The van der Waals surface area contributed by atoms with Crippen molar-refractivity contribution in [3.63, 3.8) is 0 Å². The molecule has 0 aliphatic heterocycles. The summed E-state index contributed by atoms with van der Waals surface area (Å²) in [7, 11) is 5.16. The lowest BCUT2D eigenvalue weighted by Gasteiger charge is -2.26. The Hall–Kier alpha value is -9.02. The van der Waals surface area contributed by atoms with E-state index < -0.39 is 159 Å². The zero-order valence-corrected chi connectivity index (χ0v) is 57.5. The largest absolute Gasteiger partial charge is 0.481 e. The number of aliphatic hydroxyl groups is 1. The molecule has 568 valence electrons. The van der Waals surface area contributed by atoms with Gasteiger partial charge in [-0.3, -0.25) is 57.7 Å². The number of carbonyl (C=O) groups excluding carboxylic acids is 8. The second kappa shape index (κ2) is 51.2. The van der Waals surface area contributed by atoms with Crippen molar-refractivity contribution < 1.29 is 126 Å². The van der Waals surface area contributed by atoms with Gasteiger partial charge in [0.25, 0.3) is 11.5 Å². The van der Waals surface area contributed by atoms with Crippen LogP contribution in [0.5, 0.6) is 0 Å². The summed E-state index contributed by atoms with van der Waals surface area (Å²) in [5.74, 6) is -15.8. The van der Waals surface area contributed by atoms with Crippen LogP contribution in [0.15, 0.2) is 35.3 Å². The van der Waals surface area contributed by atoms with Crippen LogP contribution in [0.4, 0.5) is 11.6 Å². The SMILES string of the molecule is COCCOCCOCCOCCC(=O)NC[C@H](NC(=O)[C@H](CC(=O)O)NC(=O)[C@H](CNC(=O)CCOCCOCCOCCOC)NC(=O)[C@H](CC(=O)O)NC(=O)CCC(NC(=O)c1ccc(NCc2cnc3nc(N)[nH]c(=O)c3n2)cc1)C(=O)O)C(=O)NC(CSSCCOCO)C(=O)O. The number of rotatable bonds is 58. The van der Waals surface area contributed by atoms with E-state index in [4.69, 9.17) is 53.5 Å². The summed E-state index contributed by atoms with van der Waals surface area (Å²) in [6.07, 6.45) is -3.16. The molecule has 17 N–H and O–H groups in total. The molecular formula is C59H88N14O27S2. The number of hydrogen-bond acceptors (Lipinski definition) is 30. The molecule has 0 fully saturated rings. The number of H-pyrrole nitrogens is 1. The fraction of sp³-hybridized carbons (Fsp3) is 0.593. The monoisotopic (exact) mass is 1490 g/mol. The first-order valence-corrected chi connectivity index (χ1v) is 33.9. The molecule has 0 saturated carbocycles. The zero-order valence-electron chi connectivity index (χ0n) is 55.9. The number of anilines is 2. The van der Waals surface area contributed by atoms with E-state index in [1.807, 2.05) is 0 Å². The number of aliphatic carboxylic acids is 4. The summed E-state index contributed by atoms with van der Waals surface area (Å²) in [5.41, 5.74) is 5.71. The van der Waals surface area contributed by atoms with Gasteiger partial charge >= 0.3 is 23.9 Å². The van der Waals surface area contributed by atoms with Gasteiger partial charge in [0.05, 0.1) is 130 Å². The average molecular weight is 1490 g/mol. The van der Waals surface area contributed by atoms with Gasteiger partial charge in [-0.05, 0) is 30.7 Å². The van der Waals surface area contributed by atoms with Crippen LogP contribution in [0.25, 0.3) is 11.2 Å². The Labute approximate surface area is 590 Å². The summed E-state index contributed by atoms with van der Waals surface area (Å²) in [5, 5.41) is 69.7. The predicted molar refractivity (Wildman–Crippen MR) is 358 cm³/mol. The first kappa shape index (κ1) is 87.2. The lowest BCUT2D eigenvalue weighted by molar-refractivity contribution is -0.143. The minimum absolute atomic E-state index is 0.0258. The van der Waals surface area contributed by atoms with Crippen molar-refractivity contribution in [1.29, 1.82) is 0 Å². The number of aromatic nitrogens is 4. The number of nitrogen functional groups attached to an aromatic ring is 1. The van der Waals surface area contributed by atoms with Crippen molar-refractivity contribution in [1.82, 2.24) is 62.5 Å². The number of methoxy groups -OCH3 is 2. The second-order valence-electron chi connectivity index (χ2n) is 21.1. The molecular weight excluding hydrogens is 1400 g/mol. The molecule has 2 unspecified atom stereocenters. The average Bonchev–Trinajstić information content (AvgIpc) is 0.814. The van der Waals surface area contributed by atoms with E-state index in [2.05, 4.69) is 67.8 Å². The minimum atomic E-state index is -2.19. The molecule has 1 aromatic carbocycles. The number of ether oxygens (including phenoxy) is 9. The summed E-state index contributed by atoms with van der Waals surface area (Å²) in [4.78, 5) is 185. The molecule has 102 heavy (non-hydrogen) atoms. The number of benzene rings is 1. The molecule has 2 heterocycles. The molecule has 3 rings (SSSR count). The number of aromatic amines is 1. The van der Waals surface area contributed by atoms with Crippen LogP contribution in [0, 0.1) is 0 Å². The highest BCUT2D eigenvalue weighted by molar-refractivity contribution is 8.76. The van der Waals surface area contributed by atoms with Gasteiger partial charge in [-0.2, -0.15) is 4.98 Å². The van der Waals surface area contributed by atoms with Gasteiger partial charge in [-0.25, -0.2) is 19.6 Å². The quantitative estimate of drug-likeness (QED) is 0.0143. The number of fused-ring (bicyclic) bond motifs is 1. The normalized spacial score (nSPS) is 12.9. The molecule has 2 aromatic heterocycles. The van der Waals surface area contributed by atoms with Crippen LogP contribution < -0.4 is 59.1 Å². The number of nitrogens with two attached hydrogens (primary N) is 1. The molecule has 43 heteroatoms.